The molecular weight excluding hydrogens is 405 g/mol. The minimum absolute atomic E-state index is 0.0452. The second kappa shape index (κ2) is 7.36. The SMILES string of the molecule is C[C@@H]1[C@@H](C)C[C@]23CC(=O)C[C@]2([C@@H](C)OC3=O)[C@H]1/C=C/c1ccc(-c2cccc(F)c2)cn1. The minimum Gasteiger partial charge on any atom is -0.462 e. The van der Waals surface area contributed by atoms with Crippen LogP contribution >= 0.6 is 0 Å². The van der Waals surface area contributed by atoms with Gasteiger partial charge in [0.25, 0.3) is 0 Å². The fraction of sp³-hybridized carbons (Fsp3) is 0.444. The van der Waals surface area contributed by atoms with Gasteiger partial charge in [0.1, 0.15) is 17.7 Å². The number of hydrogen-bond acceptors (Lipinski definition) is 4. The summed E-state index contributed by atoms with van der Waals surface area (Å²) in [5.41, 5.74) is 1.25. The summed E-state index contributed by atoms with van der Waals surface area (Å²) >= 11 is 0. The van der Waals surface area contributed by atoms with Gasteiger partial charge in [0.15, 0.2) is 0 Å². The number of esters is 1. The van der Waals surface area contributed by atoms with Crippen molar-refractivity contribution in [2.45, 2.75) is 46.1 Å². The average molecular weight is 434 g/mol. The molecule has 3 fully saturated rings. The Morgan fingerprint density at radius 1 is 1.09 bits per heavy atom. The molecule has 0 spiro atoms. The van der Waals surface area contributed by atoms with Crippen LogP contribution in [-0.4, -0.2) is 22.8 Å². The summed E-state index contributed by atoms with van der Waals surface area (Å²) < 4.78 is 19.3. The summed E-state index contributed by atoms with van der Waals surface area (Å²) in [6.07, 6.45) is 7.02. The van der Waals surface area contributed by atoms with E-state index in [0.717, 1.165) is 16.8 Å². The van der Waals surface area contributed by atoms with Gasteiger partial charge in [-0.2, -0.15) is 0 Å². The lowest BCUT2D eigenvalue weighted by Crippen LogP contribution is -2.54. The predicted octanol–water partition coefficient (Wildman–Crippen LogP) is 5.47. The van der Waals surface area contributed by atoms with E-state index in [1.807, 2.05) is 31.2 Å². The van der Waals surface area contributed by atoms with Crippen LogP contribution in [0, 0.1) is 34.4 Å². The van der Waals surface area contributed by atoms with Gasteiger partial charge in [0.05, 0.1) is 11.1 Å². The zero-order chi connectivity index (χ0) is 22.7. The normalized spacial score (nSPS) is 36.2. The number of halogens is 1. The molecule has 0 unspecified atom stereocenters. The van der Waals surface area contributed by atoms with E-state index in [1.54, 1.807) is 12.3 Å². The molecule has 1 aliphatic heterocycles. The predicted molar refractivity (Wildman–Crippen MR) is 120 cm³/mol. The first-order valence-corrected chi connectivity index (χ1v) is 11.4. The van der Waals surface area contributed by atoms with Crippen molar-refractivity contribution in [3.05, 3.63) is 60.2 Å². The molecule has 166 valence electrons. The van der Waals surface area contributed by atoms with Gasteiger partial charge in [-0.15, -0.1) is 0 Å². The molecule has 32 heavy (non-hydrogen) atoms. The Kier molecular flexibility index (Phi) is 4.84. The number of nitrogens with zero attached hydrogens (tertiary/aromatic N) is 1. The molecule has 1 aromatic carbocycles. The first kappa shape index (κ1) is 21.0. The molecule has 0 amide bonds. The number of aromatic nitrogens is 1. The summed E-state index contributed by atoms with van der Waals surface area (Å²) in [5.74, 6) is 0.377. The first-order chi connectivity index (χ1) is 15.3. The number of allylic oxidation sites excluding steroid dienone is 1. The van der Waals surface area contributed by atoms with Gasteiger partial charge in [0, 0.05) is 30.0 Å². The minimum atomic E-state index is -0.695. The molecule has 5 rings (SSSR count). The highest BCUT2D eigenvalue weighted by Gasteiger charge is 2.75. The highest BCUT2D eigenvalue weighted by atomic mass is 19.1. The Morgan fingerprint density at radius 2 is 1.91 bits per heavy atom. The van der Waals surface area contributed by atoms with Gasteiger partial charge in [-0.05, 0) is 60.9 Å². The summed E-state index contributed by atoms with van der Waals surface area (Å²) in [7, 11) is 0. The largest absolute Gasteiger partial charge is 0.462 e. The number of hydrogen-bond donors (Lipinski definition) is 0. The van der Waals surface area contributed by atoms with Crippen molar-refractivity contribution in [3.8, 4) is 11.1 Å². The van der Waals surface area contributed by atoms with Crippen LogP contribution in [0.15, 0.2) is 48.7 Å². The Bertz CT molecular complexity index is 1110. The number of carbonyl (C=O) groups is 2. The van der Waals surface area contributed by atoms with Crippen LogP contribution in [0.25, 0.3) is 17.2 Å². The van der Waals surface area contributed by atoms with Gasteiger partial charge < -0.3 is 4.74 Å². The number of carbonyl (C=O) groups excluding carboxylic acids is 2. The molecule has 1 aromatic heterocycles. The summed E-state index contributed by atoms with van der Waals surface area (Å²) in [4.78, 5) is 30.2. The molecule has 2 saturated carbocycles. The average Bonchev–Trinajstić information content (AvgIpc) is 3.17. The van der Waals surface area contributed by atoms with Crippen LogP contribution in [0.3, 0.4) is 0 Å². The van der Waals surface area contributed by atoms with Crippen LogP contribution in [0.5, 0.6) is 0 Å². The van der Waals surface area contributed by atoms with Gasteiger partial charge in [-0.25, -0.2) is 4.39 Å². The van der Waals surface area contributed by atoms with E-state index in [0.29, 0.717) is 31.1 Å². The third kappa shape index (κ3) is 2.90. The Hall–Kier alpha value is -2.82. The fourth-order valence-corrected chi connectivity index (χ4v) is 6.74. The Morgan fingerprint density at radius 3 is 2.62 bits per heavy atom. The molecule has 5 heteroatoms. The molecule has 0 N–H and O–H groups in total. The van der Waals surface area contributed by atoms with Gasteiger partial charge >= 0.3 is 5.97 Å². The molecule has 3 aliphatic rings. The molecule has 2 heterocycles. The molecule has 1 saturated heterocycles. The molecular formula is C27H28FNO3. The van der Waals surface area contributed by atoms with Gasteiger partial charge in [-0.3, -0.25) is 14.6 Å². The number of ketones is 1. The smallest absolute Gasteiger partial charge is 0.313 e. The van der Waals surface area contributed by atoms with E-state index < -0.39 is 10.8 Å². The number of rotatable bonds is 3. The van der Waals surface area contributed by atoms with Crippen LogP contribution in [0.4, 0.5) is 4.39 Å². The maximum absolute atomic E-state index is 13.5. The van der Waals surface area contributed by atoms with Crippen molar-refractivity contribution in [1.82, 2.24) is 4.98 Å². The van der Waals surface area contributed by atoms with E-state index in [2.05, 4.69) is 24.9 Å². The van der Waals surface area contributed by atoms with E-state index in [4.69, 9.17) is 4.74 Å². The second-order valence-corrected chi connectivity index (χ2v) is 9.97. The van der Waals surface area contributed by atoms with Crippen LogP contribution in [0.1, 0.15) is 45.7 Å². The van der Waals surface area contributed by atoms with Crippen molar-refractivity contribution in [2.75, 3.05) is 0 Å². The number of cyclic esters (lactones) is 1. The van der Waals surface area contributed by atoms with Gasteiger partial charge in [-0.1, -0.05) is 38.1 Å². The van der Waals surface area contributed by atoms with E-state index in [1.165, 1.54) is 12.1 Å². The van der Waals surface area contributed by atoms with Crippen LogP contribution < -0.4 is 0 Å². The molecule has 6 atom stereocenters. The van der Waals surface area contributed by atoms with E-state index >= 15 is 0 Å². The number of pyridine rings is 1. The highest BCUT2D eigenvalue weighted by Crippen LogP contribution is 2.70. The quantitative estimate of drug-likeness (QED) is 0.602. The molecule has 2 aliphatic carbocycles. The Balaban J connectivity index is 1.48. The molecule has 2 aromatic rings. The topological polar surface area (TPSA) is 56.3 Å². The van der Waals surface area contributed by atoms with Crippen molar-refractivity contribution >= 4 is 17.8 Å². The number of Topliss-reactive ketones (excluding diaryl/α,β-unsaturated/α-hetero) is 1. The second-order valence-electron chi connectivity index (χ2n) is 9.97. The van der Waals surface area contributed by atoms with E-state index in [-0.39, 0.29) is 29.6 Å². The third-order valence-corrected chi connectivity index (χ3v) is 8.43. The first-order valence-electron chi connectivity index (χ1n) is 11.4. The summed E-state index contributed by atoms with van der Waals surface area (Å²) in [6, 6.07) is 10.3. The maximum Gasteiger partial charge on any atom is 0.313 e. The lowest BCUT2D eigenvalue weighted by molar-refractivity contribution is -0.151. The van der Waals surface area contributed by atoms with Crippen molar-refractivity contribution in [2.24, 2.45) is 28.6 Å². The number of benzene rings is 1. The summed E-state index contributed by atoms with van der Waals surface area (Å²) in [6.45, 7) is 6.35. The summed E-state index contributed by atoms with van der Waals surface area (Å²) in [5, 5.41) is 0. The van der Waals surface area contributed by atoms with Crippen molar-refractivity contribution in [1.29, 1.82) is 0 Å². The molecule has 0 radical (unpaired) electrons. The number of ether oxygens (including phenoxy) is 1. The Labute approximate surface area is 187 Å². The van der Waals surface area contributed by atoms with Crippen LogP contribution in [0.2, 0.25) is 0 Å². The van der Waals surface area contributed by atoms with E-state index in [9.17, 15) is 14.0 Å². The third-order valence-electron chi connectivity index (χ3n) is 8.43. The highest BCUT2D eigenvalue weighted by molar-refractivity contribution is 5.95. The fourth-order valence-electron chi connectivity index (χ4n) is 6.74. The van der Waals surface area contributed by atoms with Crippen LogP contribution in [-0.2, 0) is 14.3 Å². The molecule has 0 bridgehead atoms. The maximum atomic E-state index is 13.5. The lowest BCUT2D eigenvalue weighted by atomic mass is 9.47. The van der Waals surface area contributed by atoms with Crippen molar-refractivity contribution in [3.63, 3.8) is 0 Å². The lowest BCUT2D eigenvalue weighted by Gasteiger charge is -2.52. The monoisotopic (exact) mass is 433 g/mol. The molecule has 4 nitrogen and oxygen atoms in total. The van der Waals surface area contributed by atoms with Gasteiger partial charge in [0.2, 0.25) is 0 Å². The van der Waals surface area contributed by atoms with Crippen molar-refractivity contribution < 1.29 is 18.7 Å². The standard InChI is InChI=1S/C27H28FNO3/c1-16-12-26-13-23(30)14-27(26,18(3)32-25(26)31)24(17(16)2)10-9-22-8-7-20(15-29-22)19-5-4-6-21(28)11-19/h4-11,15-18,24H,12-14H2,1-3H3/b10-9+/t16-,17+,18+,24-,26+,27-/m0/s1. The zero-order valence-electron chi connectivity index (χ0n) is 18.7. The zero-order valence-corrected chi connectivity index (χ0v) is 18.7.